The van der Waals surface area contributed by atoms with Crippen molar-refractivity contribution in [3.05, 3.63) is 30.5 Å². The molecular formula is C15H19NO4. The van der Waals surface area contributed by atoms with E-state index in [4.69, 9.17) is 14.2 Å². The summed E-state index contributed by atoms with van der Waals surface area (Å²) < 4.78 is 17.1. The minimum Gasteiger partial charge on any atom is -0.497 e. The first-order valence-corrected chi connectivity index (χ1v) is 6.47. The van der Waals surface area contributed by atoms with Gasteiger partial charge in [0.1, 0.15) is 18.4 Å². The summed E-state index contributed by atoms with van der Waals surface area (Å²) in [6.45, 7) is 2.49. The summed E-state index contributed by atoms with van der Waals surface area (Å²) >= 11 is 0. The van der Waals surface area contributed by atoms with Crippen molar-refractivity contribution in [1.29, 1.82) is 0 Å². The second-order valence-electron chi connectivity index (χ2n) is 4.48. The topological polar surface area (TPSA) is 49.7 Å². The number of fused-ring (bicyclic) bond motifs is 1. The van der Waals surface area contributed by atoms with E-state index in [1.165, 1.54) is 0 Å². The molecule has 108 valence electrons. The average molecular weight is 277 g/mol. The molecule has 0 aliphatic heterocycles. The Morgan fingerprint density at radius 3 is 2.75 bits per heavy atom. The molecule has 1 aromatic heterocycles. The molecule has 5 nitrogen and oxygen atoms in total. The summed E-state index contributed by atoms with van der Waals surface area (Å²) in [6, 6.07) is 7.33. The van der Waals surface area contributed by atoms with Crippen LogP contribution in [0.2, 0.25) is 0 Å². The molecule has 1 unspecified atom stereocenters. The van der Waals surface area contributed by atoms with Crippen LogP contribution in [0.3, 0.4) is 0 Å². The Morgan fingerprint density at radius 2 is 2.05 bits per heavy atom. The fraction of sp³-hybridized carbons (Fsp3) is 0.400. The lowest BCUT2D eigenvalue weighted by molar-refractivity contribution is -0.148. The number of ether oxygens (including phenoxy) is 3. The maximum atomic E-state index is 12.0. The highest BCUT2D eigenvalue weighted by atomic mass is 16.6. The summed E-state index contributed by atoms with van der Waals surface area (Å²) in [7, 11) is 3.21. The van der Waals surface area contributed by atoms with E-state index in [0.717, 1.165) is 16.7 Å². The summed E-state index contributed by atoms with van der Waals surface area (Å²) in [5.74, 6) is 0.529. The van der Waals surface area contributed by atoms with Gasteiger partial charge in [-0.1, -0.05) is 0 Å². The molecule has 0 saturated carbocycles. The predicted molar refractivity (Wildman–Crippen MR) is 76.0 cm³/mol. The van der Waals surface area contributed by atoms with E-state index >= 15 is 0 Å². The van der Waals surface area contributed by atoms with E-state index in [1.54, 1.807) is 14.2 Å². The van der Waals surface area contributed by atoms with Crippen molar-refractivity contribution in [1.82, 2.24) is 4.57 Å². The molecule has 0 saturated heterocycles. The van der Waals surface area contributed by atoms with Crippen molar-refractivity contribution in [2.45, 2.75) is 13.0 Å². The van der Waals surface area contributed by atoms with Crippen molar-refractivity contribution >= 4 is 16.9 Å². The van der Waals surface area contributed by atoms with E-state index in [0.29, 0.717) is 6.61 Å². The van der Waals surface area contributed by atoms with Crippen molar-refractivity contribution in [2.75, 3.05) is 27.4 Å². The van der Waals surface area contributed by atoms with Crippen molar-refractivity contribution in [2.24, 2.45) is 0 Å². The maximum absolute atomic E-state index is 12.0. The highest BCUT2D eigenvalue weighted by Gasteiger charge is 2.18. The smallest absolute Gasteiger partial charge is 0.328 e. The predicted octanol–water partition coefficient (Wildman–Crippen LogP) is 2.40. The van der Waals surface area contributed by atoms with Gasteiger partial charge in [-0.3, -0.25) is 0 Å². The highest BCUT2D eigenvalue weighted by Crippen LogP contribution is 2.24. The molecule has 0 amide bonds. The molecule has 0 radical (unpaired) electrons. The zero-order chi connectivity index (χ0) is 14.5. The Labute approximate surface area is 118 Å². The largest absolute Gasteiger partial charge is 0.497 e. The molecule has 5 heteroatoms. The number of rotatable bonds is 6. The Hall–Kier alpha value is -2.01. The van der Waals surface area contributed by atoms with Crippen molar-refractivity contribution in [3.63, 3.8) is 0 Å². The second kappa shape index (κ2) is 6.43. The first kappa shape index (κ1) is 14.4. The third-order valence-corrected chi connectivity index (χ3v) is 3.22. The standard InChI is InChI=1S/C15H19NO4/c1-11(15(17)20-9-8-18-2)16-7-6-12-10-13(19-3)4-5-14(12)16/h4-7,10-11H,8-9H2,1-3H3. The monoisotopic (exact) mass is 277 g/mol. The number of benzene rings is 1. The first-order chi connectivity index (χ1) is 9.67. The molecule has 1 aromatic carbocycles. The van der Waals surface area contributed by atoms with Gasteiger partial charge in [-0.05, 0) is 31.2 Å². The van der Waals surface area contributed by atoms with Crippen LogP contribution in [0.5, 0.6) is 5.75 Å². The lowest BCUT2D eigenvalue weighted by Crippen LogP contribution is -2.20. The third kappa shape index (κ3) is 2.93. The zero-order valence-corrected chi connectivity index (χ0v) is 12.0. The fourth-order valence-electron chi connectivity index (χ4n) is 2.07. The van der Waals surface area contributed by atoms with Crippen LogP contribution in [0.4, 0.5) is 0 Å². The molecule has 0 aliphatic rings. The molecule has 0 aliphatic carbocycles. The quantitative estimate of drug-likeness (QED) is 0.601. The second-order valence-corrected chi connectivity index (χ2v) is 4.48. The minimum atomic E-state index is -0.377. The number of hydrogen-bond donors (Lipinski definition) is 0. The number of methoxy groups -OCH3 is 2. The maximum Gasteiger partial charge on any atom is 0.328 e. The summed E-state index contributed by atoms with van der Waals surface area (Å²) in [5.41, 5.74) is 0.974. The number of esters is 1. The lowest BCUT2D eigenvalue weighted by Gasteiger charge is -2.14. The van der Waals surface area contributed by atoms with Crippen LogP contribution in [0.25, 0.3) is 10.9 Å². The Kier molecular flexibility index (Phi) is 4.63. The van der Waals surface area contributed by atoms with Gasteiger partial charge in [0.25, 0.3) is 0 Å². The van der Waals surface area contributed by atoms with Crippen molar-refractivity contribution < 1.29 is 19.0 Å². The highest BCUT2D eigenvalue weighted by molar-refractivity contribution is 5.84. The zero-order valence-electron chi connectivity index (χ0n) is 12.0. The fourth-order valence-corrected chi connectivity index (χ4v) is 2.07. The summed E-state index contributed by atoms with van der Waals surface area (Å²) in [5, 5.41) is 1.03. The van der Waals surface area contributed by atoms with Crippen LogP contribution >= 0.6 is 0 Å². The molecule has 1 heterocycles. The molecule has 2 rings (SSSR count). The van der Waals surface area contributed by atoms with Gasteiger partial charge in [-0.2, -0.15) is 0 Å². The summed E-state index contributed by atoms with van der Waals surface area (Å²) in [6.07, 6.45) is 1.88. The molecule has 0 bridgehead atoms. The van der Waals surface area contributed by atoms with E-state index in [-0.39, 0.29) is 18.6 Å². The van der Waals surface area contributed by atoms with E-state index < -0.39 is 0 Å². The Morgan fingerprint density at radius 1 is 1.25 bits per heavy atom. The average Bonchev–Trinajstić information content (AvgIpc) is 2.89. The van der Waals surface area contributed by atoms with Gasteiger partial charge in [0.05, 0.1) is 13.7 Å². The number of carbonyl (C=O) groups is 1. The van der Waals surface area contributed by atoms with Crippen LogP contribution in [-0.4, -0.2) is 38.0 Å². The number of carbonyl (C=O) groups excluding carboxylic acids is 1. The Balaban J connectivity index is 2.17. The Bertz CT molecular complexity index is 591. The molecule has 2 aromatic rings. The van der Waals surface area contributed by atoms with Gasteiger partial charge in [-0.15, -0.1) is 0 Å². The molecule has 0 fully saturated rings. The van der Waals surface area contributed by atoms with Gasteiger partial charge < -0.3 is 18.8 Å². The molecule has 0 spiro atoms. The van der Waals surface area contributed by atoms with Crippen LogP contribution in [0.1, 0.15) is 13.0 Å². The molecule has 0 N–H and O–H groups in total. The van der Waals surface area contributed by atoms with Crippen molar-refractivity contribution in [3.8, 4) is 5.75 Å². The van der Waals surface area contributed by atoms with Gasteiger partial charge in [0.15, 0.2) is 0 Å². The van der Waals surface area contributed by atoms with Crippen LogP contribution in [0, 0.1) is 0 Å². The van der Waals surface area contributed by atoms with E-state index in [2.05, 4.69) is 0 Å². The molecule has 1 atom stereocenters. The minimum absolute atomic E-state index is 0.268. The van der Waals surface area contributed by atoms with Crippen LogP contribution in [-0.2, 0) is 14.3 Å². The SMILES string of the molecule is COCCOC(=O)C(C)n1ccc2cc(OC)ccc21. The lowest BCUT2D eigenvalue weighted by atomic mass is 10.2. The third-order valence-electron chi connectivity index (χ3n) is 3.22. The number of aromatic nitrogens is 1. The molecule has 20 heavy (non-hydrogen) atoms. The number of hydrogen-bond acceptors (Lipinski definition) is 4. The van der Waals surface area contributed by atoms with Crippen LogP contribution in [0.15, 0.2) is 30.5 Å². The number of nitrogens with zero attached hydrogens (tertiary/aromatic N) is 1. The van der Waals surface area contributed by atoms with Gasteiger partial charge in [0, 0.05) is 24.2 Å². The van der Waals surface area contributed by atoms with Crippen LogP contribution < -0.4 is 4.74 Å². The summed E-state index contributed by atoms with van der Waals surface area (Å²) in [4.78, 5) is 12.0. The molecular weight excluding hydrogens is 258 g/mol. The first-order valence-electron chi connectivity index (χ1n) is 6.47. The van der Waals surface area contributed by atoms with Gasteiger partial charge in [0.2, 0.25) is 0 Å². The van der Waals surface area contributed by atoms with E-state index in [1.807, 2.05) is 42.0 Å². The normalized spacial score (nSPS) is 12.3. The van der Waals surface area contributed by atoms with E-state index in [9.17, 15) is 4.79 Å². The van der Waals surface area contributed by atoms with Gasteiger partial charge >= 0.3 is 5.97 Å². The van der Waals surface area contributed by atoms with Gasteiger partial charge in [-0.25, -0.2) is 4.79 Å².